The summed E-state index contributed by atoms with van der Waals surface area (Å²) in [5, 5.41) is 0.134. The molecule has 5 rings (SSSR count). The Morgan fingerprint density at radius 1 is 0.838 bits per heavy atom. The van der Waals surface area contributed by atoms with Crippen molar-refractivity contribution in [3.05, 3.63) is 102 Å². The Labute approximate surface area is 223 Å². The van der Waals surface area contributed by atoms with Gasteiger partial charge in [0.15, 0.2) is 5.11 Å². The lowest BCUT2D eigenvalue weighted by atomic mass is 9.88. The van der Waals surface area contributed by atoms with Gasteiger partial charge in [0, 0.05) is 17.8 Å². The van der Waals surface area contributed by atoms with Gasteiger partial charge >= 0.3 is 0 Å². The first-order valence-electron chi connectivity index (χ1n) is 12.4. The van der Waals surface area contributed by atoms with Crippen LogP contribution in [0.1, 0.15) is 38.8 Å². The fourth-order valence-corrected chi connectivity index (χ4v) is 5.65. The van der Waals surface area contributed by atoms with E-state index in [2.05, 4.69) is 50.8 Å². The maximum Gasteiger partial charge on any atom is 0.270 e. The van der Waals surface area contributed by atoms with Crippen LogP contribution in [0, 0.1) is 0 Å². The fraction of sp³-hybridized carbons (Fsp3) is 0.194. The Hall–Kier alpha value is -4.03. The average Bonchev–Trinajstić information content (AvgIpc) is 2.88. The van der Waals surface area contributed by atoms with Gasteiger partial charge < -0.3 is 4.90 Å². The molecule has 2 amide bonds. The highest BCUT2D eigenvalue weighted by molar-refractivity contribution is 7.81. The number of nitrogens with zero attached hydrogens (tertiary/aromatic N) is 3. The quantitative estimate of drug-likeness (QED) is 0.231. The Balaban J connectivity index is 1.63. The van der Waals surface area contributed by atoms with Crippen LogP contribution in [0.5, 0.6) is 0 Å². The van der Waals surface area contributed by atoms with Crippen LogP contribution in [0.15, 0.2) is 90.5 Å². The molecule has 1 fully saturated rings. The molecule has 0 spiro atoms. The first kappa shape index (κ1) is 24.7. The molecular weight excluding hydrogens is 478 g/mol. The van der Waals surface area contributed by atoms with Crippen molar-refractivity contribution in [3.63, 3.8) is 0 Å². The molecule has 37 heavy (non-hydrogen) atoms. The number of fused-ring (bicyclic) bond motifs is 1. The van der Waals surface area contributed by atoms with Crippen molar-refractivity contribution in [2.75, 3.05) is 21.2 Å². The van der Waals surface area contributed by atoms with Gasteiger partial charge in [-0.25, -0.2) is 0 Å². The van der Waals surface area contributed by atoms with Gasteiger partial charge in [-0.3, -0.25) is 19.4 Å². The molecule has 2 aliphatic rings. The van der Waals surface area contributed by atoms with Crippen molar-refractivity contribution < 1.29 is 9.59 Å². The normalized spacial score (nSPS) is 17.1. The maximum atomic E-state index is 13.8. The van der Waals surface area contributed by atoms with E-state index in [1.165, 1.54) is 15.4 Å². The summed E-state index contributed by atoms with van der Waals surface area (Å²) in [6.07, 6.45) is 3.95. The van der Waals surface area contributed by atoms with E-state index in [-0.39, 0.29) is 16.2 Å². The maximum absolute atomic E-state index is 13.8. The zero-order valence-electron chi connectivity index (χ0n) is 21.4. The third kappa shape index (κ3) is 4.27. The molecule has 186 valence electrons. The standard InChI is InChI=1S/C31H29N3O2S/c1-5-32-27-17-16-22(18-25(27)21(2)20-31(32,3)4)19-26-28(35)33(23-12-8-6-9-13-23)30(37)34(29(26)36)24-14-10-7-11-15-24/h6-20H,5H2,1-4H3. The van der Waals surface area contributed by atoms with Crippen molar-refractivity contribution in [1.29, 1.82) is 0 Å². The second kappa shape index (κ2) is 9.45. The lowest BCUT2D eigenvalue weighted by molar-refractivity contribution is -0.120. The first-order valence-corrected chi connectivity index (χ1v) is 12.8. The number of carbonyl (C=O) groups excluding carboxylic acids is 2. The minimum absolute atomic E-state index is 0.0615. The molecule has 6 heteroatoms. The van der Waals surface area contributed by atoms with Gasteiger partial charge in [0.05, 0.1) is 16.9 Å². The molecule has 0 saturated carbocycles. The minimum Gasteiger partial charge on any atom is -0.363 e. The predicted molar refractivity (Wildman–Crippen MR) is 156 cm³/mol. The summed E-state index contributed by atoms with van der Waals surface area (Å²) in [5.41, 5.74) is 5.39. The zero-order valence-corrected chi connectivity index (χ0v) is 22.3. The van der Waals surface area contributed by atoms with Gasteiger partial charge in [0.2, 0.25) is 0 Å². The van der Waals surface area contributed by atoms with Gasteiger partial charge in [0.1, 0.15) is 5.57 Å². The summed E-state index contributed by atoms with van der Waals surface area (Å²) in [4.78, 5) is 32.8. The summed E-state index contributed by atoms with van der Waals surface area (Å²) >= 11 is 5.70. The summed E-state index contributed by atoms with van der Waals surface area (Å²) in [7, 11) is 0. The lowest BCUT2D eigenvalue weighted by Crippen LogP contribution is -2.56. The van der Waals surface area contributed by atoms with E-state index in [0.29, 0.717) is 11.4 Å². The number of carbonyl (C=O) groups is 2. The molecular formula is C31H29N3O2S. The molecule has 1 saturated heterocycles. The summed E-state index contributed by atoms with van der Waals surface area (Å²) in [5.74, 6) is -0.871. The van der Waals surface area contributed by atoms with E-state index in [4.69, 9.17) is 12.2 Å². The number of hydrogen-bond donors (Lipinski definition) is 0. The van der Waals surface area contributed by atoms with E-state index < -0.39 is 11.8 Å². The van der Waals surface area contributed by atoms with Crippen LogP contribution in [0.4, 0.5) is 17.1 Å². The third-order valence-electron chi connectivity index (χ3n) is 6.91. The smallest absolute Gasteiger partial charge is 0.270 e. The minimum atomic E-state index is -0.435. The van der Waals surface area contributed by atoms with Crippen molar-refractivity contribution in [1.82, 2.24) is 0 Å². The van der Waals surface area contributed by atoms with Gasteiger partial charge in [-0.15, -0.1) is 0 Å². The van der Waals surface area contributed by atoms with Crippen LogP contribution in [0.2, 0.25) is 0 Å². The highest BCUT2D eigenvalue weighted by atomic mass is 32.1. The molecule has 0 unspecified atom stereocenters. The highest BCUT2D eigenvalue weighted by Crippen LogP contribution is 2.39. The van der Waals surface area contributed by atoms with Gasteiger partial charge in [-0.1, -0.05) is 48.5 Å². The second-order valence-electron chi connectivity index (χ2n) is 9.79. The van der Waals surface area contributed by atoms with Crippen LogP contribution in [0.25, 0.3) is 11.6 Å². The first-order chi connectivity index (χ1) is 17.7. The highest BCUT2D eigenvalue weighted by Gasteiger charge is 2.41. The SMILES string of the molecule is CCN1c2ccc(C=C3C(=O)N(c4ccccc4)C(=S)N(c4ccccc4)C3=O)cc2C(C)=CC1(C)C. The van der Waals surface area contributed by atoms with E-state index in [9.17, 15) is 9.59 Å². The van der Waals surface area contributed by atoms with Crippen LogP contribution in [-0.4, -0.2) is 29.0 Å². The Kier molecular flexibility index (Phi) is 6.30. The van der Waals surface area contributed by atoms with Crippen molar-refractivity contribution in [2.24, 2.45) is 0 Å². The van der Waals surface area contributed by atoms with E-state index in [0.717, 1.165) is 23.4 Å². The van der Waals surface area contributed by atoms with Gasteiger partial charge in [-0.05, 0) is 93.5 Å². The number of rotatable bonds is 4. The average molecular weight is 508 g/mol. The molecule has 0 bridgehead atoms. The monoisotopic (exact) mass is 507 g/mol. The third-order valence-corrected chi connectivity index (χ3v) is 7.27. The van der Waals surface area contributed by atoms with E-state index in [1.54, 1.807) is 6.08 Å². The summed E-state index contributed by atoms with van der Waals surface area (Å²) < 4.78 is 0. The molecule has 0 aromatic heterocycles. The number of allylic oxidation sites excluding steroid dienone is 1. The number of anilines is 3. The molecule has 0 N–H and O–H groups in total. The van der Waals surface area contributed by atoms with Crippen LogP contribution in [0.3, 0.4) is 0 Å². The number of benzene rings is 3. The number of amides is 2. The van der Waals surface area contributed by atoms with Gasteiger partial charge in [0.25, 0.3) is 11.8 Å². The predicted octanol–water partition coefficient (Wildman–Crippen LogP) is 6.46. The Morgan fingerprint density at radius 2 is 1.38 bits per heavy atom. The van der Waals surface area contributed by atoms with E-state index >= 15 is 0 Å². The zero-order chi connectivity index (χ0) is 26.3. The summed E-state index contributed by atoms with van der Waals surface area (Å²) in [6, 6.07) is 24.5. The van der Waals surface area contributed by atoms with E-state index in [1.807, 2.05) is 66.7 Å². The van der Waals surface area contributed by atoms with Crippen molar-refractivity contribution in [3.8, 4) is 0 Å². The number of hydrogen-bond acceptors (Lipinski definition) is 4. The van der Waals surface area contributed by atoms with Crippen molar-refractivity contribution in [2.45, 2.75) is 33.2 Å². The van der Waals surface area contributed by atoms with Crippen molar-refractivity contribution >= 4 is 57.9 Å². The van der Waals surface area contributed by atoms with Crippen LogP contribution >= 0.6 is 12.2 Å². The number of likely N-dealkylation sites (N-methyl/N-ethyl adjacent to an activating group) is 1. The largest absolute Gasteiger partial charge is 0.363 e. The molecule has 3 aromatic carbocycles. The Morgan fingerprint density at radius 3 is 1.89 bits per heavy atom. The molecule has 0 atom stereocenters. The van der Waals surface area contributed by atoms with Crippen LogP contribution in [-0.2, 0) is 9.59 Å². The fourth-order valence-electron chi connectivity index (χ4n) is 5.27. The van der Waals surface area contributed by atoms with Gasteiger partial charge in [-0.2, -0.15) is 0 Å². The topological polar surface area (TPSA) is 43.9 Å². The molecule has 5 nitrogen and oxygen atoms in total. The molecule has 2 heterocycles. The molecule has 2 aliphatic heterocycles. The molecule has 0 radical (unpaired) electrons. The second-order valence-corrected chi connectivity index (χ2v) is 10.2. The summed E-state index contributed by atoms with van der Waals surface area (Å²) in [6.45, 7) is 9.54. The van der Waals surface area contributed by atoms with Crippen LogP contribution < -0.4 is 14.7 Å². The molecule has 0 aliphatic carbocycles. The lowest BCUT2D eigenvalue weighted by Gasteiger charge is -2.43. The Bertz CT molecular complexity index is 1390. The number of thiocarbonyl (C=S) groups is 1. The molecule has 3 aromatic rings. The number of para-hydroxylation sites is 2.